The maximum Gasteiger partial charge on any atom is 0.272 e. The largest absolute Gasteiger partial charge is 0.497 e. The number of hydrogen-bond acceptors (Lipinski definition) is 6. The first kappa shape index (κ1) is 21.5. The second kappa shape index (κ2) is 9.62. The third-order valence-corrected chi connectivity index (χ3v) is 6.20. The summed E-state index contributed by atoms with van der Waals surface area (Å²) in [5.74, 6) is 0.986. The molecule has 1 N–H and O–H groups in total. The zero-order valence-electron chi connectivity index (χ0n) is 18.1. The zero-order chi connectivity index (χ0) is 22.5. The first-order valence-electron chi connectivity index (χ1n) is 10.2. The van der Waals surface area contributed by atoms with Crippen molar-refractivity contribution < 1.29 is 14.3 Å². The van der Waals surface area contributed by atoms with E-state index < -0.39 is 0 Å². The summed E-state index contributed by atoms with van der Waals surface area (Å²) in [7, 11) is 3.20. The van der Waals surface area contributed by atoms with Crippen LogP contribution >= 0.6 is 11.3 Å². The lowest BCUT2D eigenvalue weighted by Gasteiger charge is -2.12. The number of aromatic nitrogens is 1. The van der Waals surface area contributed by atoms with E-state index in [0.29, 0.717) is 28.3 Å². The van der Waals surface area contributed by atoms with Gasteiger partial charge < -0.3 is 9.47 Å². The number of nitrogens with one attached hydrogen (secondary N) is 1. The highest BCUT2D eigenvalue weighted by Crippen LogP contribution is 2.34. The number of amides is 1. The Morgan fingerprint density at radius 2 is 1.94 bits per heavy atom. The number of hydrogen-bond donors (Lipinski definition) is 1. The Hall–Kier alpha value is -3.71. The number of nitrogens with zero attached hydrogens (tertiary/aromatic N) is 2. The third-order valence-electron chi connectivity index (χ3n) is 5.03. The van der Waals surface area contributed by atoms with Crippen LogP contribution < -0.4 is 14.9 Å². The van der Waals surface area contributed by atoms with Gasteiger partial charge in [0.25, 0.3) is 5.91 Å². The Labute approximate surface area is 190 Å². The van der Waals surface area contributed by atoms with Crippen molar-refractivity contribution in [2.45, 2.75) is 13.3 Å². The van der Waals surface area contributed by atoms with Crippen LogP contribution in [0.1, 0.15) is 27.0 Å². The molecule has 1 amide bonds. The van der Waals surface area contributed by atoms with Crippen LogP contribution in [0.15, 0.2) is 65.8 Å². The molecule has 4 rings (SSSR count). The number of carbonyl (C=O) groups excluding carboxylic acids is 1. The molecular weight excluding hydrogens is 422 g/mol. The molecule has 0 spiro atoms. The van der Waals surface area contributed by atoms with Gasteiger partial charge in [-0.1, -0.05) is 25.1 Å². The van der Waals surface area contributed by atoms with Crippen molar-refractivity contribution in [1.29, 1.82) is 0 Å². The van der Waals surface area contributed by atoms with Crippen LogP contribution in [0.25, 0.3) is 22.2 Å². The van der Waals surface area contributed by atoms with Crippen molar-refractivity contribution in [3.63, 3.8) is 0 Å². The summed E-state index contributed by atoms with van der Waals surface area (Å²) < 4.78 is 10.8. The van der Waals surface area contributed by atoms with Crippen LogP contribution in [-0.2, 0) is 6.42 Å². The van der Waals surface area contributed by atoms with Crippen molar-refractivity contribution >= 4 is 34.4 Å². The highest BCUT2D eigenvalue weighted by Gasteiger charge is 2.16. The minimum absolute atomic E-state index is 0.305. The number of rotatable bonds is 7. The molecular formula is C25H23N3O3S. The molecule has 2 aromatic heterocycles. The number of ether oxygens (including phenoxy) is 2. The van der Waals surface area contributed by atoms with E-state index in [4.69, 9.17) is 14.5 Å². The van der Waals surface area contributed by atoms with Crippen LogP contribution in [0.2, 0.25) is 0 Å². The van der Waals surface area contributed by atoms with Gasteiger partial charge in [-0.15, -0.1) is 11.3 Å². The first-order chi connectivity index (χ1) is 15.6. The fraction of sp³-hybridized carbons (Fsp3) is 0.160. The quantitative estimate of drug-likeness (QED) is 0.309. The highest BCUT2D eigenvalue weighted by atomic mass is 32.1. The standard InChI is InChI=1S/C25H23N3O3S/c1-4-17-10-11-18(32-17)15-26-28-25(29)21-14-23(27-22-8-6-5-7-19(21)22)20-12-9-16(30-2)13-24(20)31-3/h5-15H,4H2,1-3H3,(H,28,29)/b26-15+. The summed E-state index contributed by atoms with van der Waals surface area (Å²) >= 11 is 1.65. The first-order valence-corrected chi connectivity index (χ1v) is 11.0. The van der Waals surface area contributed by atoms with Crippen LogP contribution in [0.4, 0.5) is 0 Å². The normalized spacial score (nSPS) is 11.1. The molecule has 2 heterocycles. The van der Waals surface area contributed by atoms with Crippen LogP contribution in [0, 0.1) is 0 Å². The van der Waals surface area contributed by atoms with E-state index >= 15 is 0 Å². The minimum Gasteiger partial charge on any atom is -0.497 e. The average molecular weight is 446 g/mol. The molecule has 32 heavy (non-hydrogen) atoms. The van der Waals surface area contributed by atoms with E-state index in [9.17, 15) is 4.79 Å². The second-order valence-electron chi connectivity index (χ2n) is 7.00. The van der Waals surface area contributed by atoms with Gasteiger partial charge in [-0.3, -0.25) is 4.79 Å². The average Bonchev–Trinajstić information content (AvgIpc) is 3.30. The summed E-state index contributed by atoms with van der Waals surface area (Å²) in [4.78, 5) is 20.1. The summed E-state index contributed by atoms with van der Waals surface area (Å²) in [5, 5.41) is 4.91. The maximum atomic E-state index is 13.0. The predicted molar refractivity (Wildman–Crippen MR) is 129 cm³/mol. The number of thiophene rings is 1. The summed E-state index contributed by atoms with van der Waals surface area (Å²) in [6, 6.07) is 18.9. The molecule has 0 aliphatic rings. The highest BCUT2D eigenvalue weighted by molar-refractivity contribution is 7.13. The fourth-order valence-corrected chi connectivity index (χ4v) is 4.20. The minimum atomic E-state index is -0.305. The lowest BCUT2D eigenvalue weighted by atomic mass is 10.0. The SMILES string of the molecule is CCc1ccc(/C=N/NC(=O)c2cc(-c3ccc(OC)cc3OC)nc3ccccc23)s1. The predicted octanol–water partition coefficient (Wildman–Crippen LogP) is 5.31. The Bertz CT molecular complexity index is 1300. The van der Waals surface area contributed by atoms with Crippen molar-refractivity contribution in [3.8, 4) is 22.8 Å². The number of methoxy groups -OCH3 is 2. The van der Waals surface area contributed by atoms with E-state index in [1.807, 2.05) is 42.5 Å². The third kappa shape index (κ3) is 4.48. The molecule has 0 aliphatic carbocycles. The Balaban J connectivity index is 1.70. The smallest absolute Gasteiger partial charge is 0.272 e. The Morgan fingerprint density at radius 3 is 2.69 bits per heavy atom. The molecule has 4 aromatic rings. The van der Waals surface area contributed by atoms with Crippen molar-refractivity contribution in [1.82, 2.24) is 10.4 Å². The number of pyridine rings is 1. The van der Waals surface area contributed by atoms with E-state index in [1.165, 1.54) is 4.88 Å². The molecule has 0 saturated carbocycles. The molecule has 0 unspecified atom stereocenters. The molecule has 6 nitrogen and oxygen atoms in total. The molecule has 2 aromatic carbocycles. The number of fused-ring (bicyclic) bond motifs is 1. The maximum absolute atomic E-state index is 13.0. The molecule has 7 heteroatoms. The number of hydrazone groups is 1. The lowest BCUT2D eigenvalue weighted by molar-refractivity contribution is 0.0956. The number of carbonyl (C=O) groups is 1. The molecule has 0 bridgehead atoms. The number of para-hydroxylation sites is 1. The Kier molecular flexibility index (Phi) is 6.47. The molecule has 0 radical (unpaired) electrons. The lowest BCUT2D eigenvalue weighted by Crippen LogP contribution is -2.18. The van der Waals surface area contributed by atoms with Gasteiger partial charge in [0, 0.05) is 26.8 Å². The second-order valence-corrected chi connectivity index (χ2v) is 8.20. The van der Waals surface area contributed by atoms with Crippen molar-refractivity contribution in [3.05, 3.63) is 76.0 Å². The molecule has 0 atom stereocenters. The van der Waals surface area contributed by atoms with Crippen molar-refractivity contribution in [2.75, 3.05) is 14.2 Å². The van der Waals surface area contributed by atoms with Crippen LogP contribution in [-0.4, -0.2) is 31.3 Å². The zero-order valence-corrected chi connectivity index (χ0v) is 18.9. The van der Waals surface area contributed by atoms with E-state index in [1.54, 1.807) is 43.9 Å². The van der Waals surface area contributed by atoms with Gasteiger partial charge in [-0.25, -0.2) is 10.4 Å². The van der Waals surface area contributed by atoms with Gasteiger partial charge in [-0.2, -0.15) is 5.10 Å². The number of aryl methyl sites for hydroxylation is 1. The van der Waals surface area contributed by atoms with Gasteiger partial charge >= 0.3 is 0 Å². The molecule has 162 valence electrons. The summed E-state index contributed by atoms with van der Waals surface area (Å²) in [5.41, 5.74) is 5.24. The van der Waals surface area contributed by atoms with Gasteiger partial charge in [-0.05, 0) is 42.8 Å². The molecule has 0 fully saturated rings. The van der Waals surface area contributed by atoms with Gasteiger partial charge in [0.05, 0.1) is 37.2 Å². The monoisotopic (exact) mass is 445 g/mol. The fourth-order valence-electron chi connectivity index (χ4n) is 3.38. The van der Waals surface area contributed by atoms with E-state index in [-0.39, 0.29) is 5.91 Å². The van der Waals surface area contributed by atoms with Gasteiger partial charge in [0.15, 0.2) is 0 Å². The van der Waals surface area contributed by atoms with Gasteiger partial charge in [0.1, 0.15) is 11.5 Å². The Morgan fingerprint density at radius 1 is 1.09 bits per heavy atom. The van der Waals surface area contributed by atoms with Gasteiger partial charge in [0.2, 0.25) is 0 Å². The molecule has 0 aliphatic heterocycles. The van der Waals surface area contributed by atoms with Crippen LogP contribution in [0.5, 0.6) is 11.5 Å². The van der Waals surface area contributed by atoms with E-state index in [2.05, 4.69) is 23.5 Å². The molecule has 0 saturated heterocycles. The summed E-state index contributed by atoms with van der Waals surface area (Å²) in [6.45, 7) is 2.11. The summed E-state index contributed by atoms with van der Waals surface area (Å²) in [6.07, 6.45) is 2.64. The van der Waals surface area contributed by atoms with Crippen molar-refractivity contribution in [2.24, 2.45) is 5.10 Å². The number of benzene rings is 2. The van der Waals surface area contributed by atoms with Crippen LogP contribution in [0.3, 0.4) is 0 Å². The topological polar surface area (TPSA) is 72.8 Å². The van der Waals surface area contributed by atoms with E-state index in [0.717, 1.165) is 22.2 Å².